The zero-order valence-corrected chi connectivity index (χ0v) is 28.9. The van der Waals surface area contributed by atoms with Gasteiger partial charge in [0.15, 0.2) is 11.5 Å². The monoisotopic (exact) mass is 676 g/mol. The van der Waals surface area contributed by atoms with Crippen LogP contribution in [0.15, 0.2) is 72.6 Å². The average Bonchev–Trinajstić information content (AvgIpc) is 3.91. The molecule has 2 heterocycles. The number of ketones is 2. The maximum absolute atomic E-state index is 14.2. The number of Topliss-reactive ketones (excluding diaryl/α,β-unsaturated/α-hetero) is 2. The average molecular weight is 677 g/mol. The van der Waals surface area contributed by atoms with E-state index in [4.69, 9.17) is 10.1 Å². The maximum atomic E-state index is 14.2. The second kappa shape index (κ2) is 16.8. The summed E-state index contributed by atoms with van der Waals surface area (Å²) in [5.74, 6) is 0.847. The summed E-state index contributed by atoms with van der Waals surface area (Å²) >= 11 is 0. The van der Waals surface area contributed by atoms with E-state index in [-0.39, 0.29) is 47.9 Å². The first-order valence-corrected chi connectivity index (χ1v) is 18.0. The molecular weight excluding hydrogens is 628 g/mol. The van der Waals surface area contributed by atoms with Gasteiger partial charge in [-0.05, 0) is 100 Å². The van der Waals surface area contributed by atoms with E-state index in [2.05, 4.69) is 15.3 Å². The first-order valence-electron chi connectivity index (χ1n) is 18.0. The minimum Gasteiger partial charge on any atom is -0.664 e. The second-order valence-corrected chi connectivity index (χ2v) is 13.7. The van der Waals surface area contributed by atoms with Crippen molar-refractivity contribution >= 4 is 23.5 Å². The number of aromatic hydroxyl groups is 2. The molecule has 2 aromatic heterocycles. The zero-order valence-electron chi connectivity index (χ0n) is 28.9. The number of hydrogen-bond donors (Lipinski definition) is 4. The number of aromatic amines is 1. The molecule has 9 nitrogen and oxygen atoms in total. The van der Waals surface area contributed by atoms with Crippen LogP contribution in [0, 0.1) is 5.92 Å². The highest BCUT2D eigenvalue weighted by Gasteiger charge is 2.35. The minimum atomic E-state index is -0.475. The number of hydrogen-bond acceptors (Lipinski definition) is 6. The fourth-order valence-electron chi connectivity index (χ4n) is 7.54. The summed E-state index contributed by atoms with van der Waals surface area (Å²) in [6, 6.07) is 16.9. The number of nitrogens with zero attached hydrogens (tertiary/aromatic N) is 2. The van der Waals surface area contributed by atoms with Crippen LogP contribution in [0.3, 0.4) is 0 Å². The predicted octanol–water partition coefficient (Wildman–Crippen LogP) is 7.80. The molecular formula is C41H48N4O5-2. The topological polar surface area (TPSA) is 140 Å². The highest BCUT2D eigenvalue weighted by molar-refractivity contribution is 6.02. The number of ether oxygens (including phenoxy) is 1. The van der Waals surface area contributed by atoms with Gasteiger partial charge in [-0.3, -0.25) is 9.59 Å². The highest BCUT2D eigenvalue weighted by atomic mass is 16.5. The Bertz CT molecular complexity index is 1770. The number of rotatable bonds is 18. The number of aromatic nitrogens is 2. The summed E-state index contributed by atoms with van der Waals surface area (Å²) in [5, 5.41) is 28.6. The lowest BCUT2D eigenvalue weighted by Gasteiger charge is -2.36. The first-order chi connectivity index (χ1) is 24.4. The summed E-state index contributed by atoms with van der Waals surface area (Å²) in [6.07, 6.45) is 13.8. The Balaban J connectivity index is 1.15. The molecule has 4 N–H and O–H groups in total. The van der Waals surface area contributed by atoms with E-state index in [1.807, 2.05) is 61.8 Å². The molecule has 0 unspecified atom stereocenters. The van der Waals surface area contributed by atoms with E-state index in [1.54, 1.807) is 18.3 Å². The van der Waals surface area contributed by atoms with Crippen LogP contribution in [0.2, 0.25) is 0 Å². The largest absolute Gasteiger partial charge is 0.664 e. The number of H-pyrrole nitrogens is 1. The fourth-order valence-corrected chi connectivity index (χ4v) is 7.54. The SMILES string of the molecule is CNCc1cc(CCC(=O)CC(=O)[C@H]2C(C[N-]c3ccc[nH]3)=Cc3[n-]ccc3[C@@H]2CCCCc2cccc(O)c2)cc(OC2CCCC2)c1O. The van der Waals surface area contributed by atoms with Gasteiger partial charge in [-0.25, -0.2) is 0 Å². The summed E-state index contributed by atoms with van der Waals surface area (Å²) in [4.78, 5) is 35.5. The van der Waals surface area contributed by atoms with Crippen molar-refractivity contribution in [1.82, 2.24) is 15.3 Å². The van der Waals surface area contributed by atoms with Gasteiger partial charge in [-0.2, -0.15) is 6.20 Å². The predicted molar refractivity (Wildman–Crippen MR) is 195 cm³/mol. The molecule has 50 heavy (non-hydrogen) atoms. The van der Waals surface area contributed by atoms with Gasteiger partial charge < -0.3 is 35.6 Å². The van der Waals surface area contributed by atoms with Gasteiger partial charge in [0, 0.05) is 24.4 Å². The van der Waals surface area contributed by atoms with Crippen molar-refractivity contribution < 1.29 is 24.5 Å². The van der Waals surface area contributed by atoms with E-state index < -0.39 is 5.92 Å². The molecule has 4 aromatic rings. The highest BCUT2D eigenvalue weighted by Crippen LogP contribution is 2.43. The van der Waals surface area contributed by atoms with Crippen LogP contribution in [-0.4, -0.2) is 46.5 Å². The number of fused-ring (bicyclic) bond motifs is 1. The quantitative estimate of drug-likeness (QED) is 0.0623. The Labute approximate surface area is 294 Å². The van der Waals surface area contributed by atoms with Crippen molar-refractivity contribution in [1.29, 1.82) is 0 Å². The third kappa shape index (κ3) is 8.87. The Morgan fingerprint density at radius 3 is 2.66 bits per heavy atom. The smallest absolute Gasteiger partial charge is 0.162 e. The molecule has 0 radical (unpaired) electrons. The Kier molecular flexibility index (Phi) is 11.8. The van der Waals surface area contributed by atoms with E-state index in [9.17, 15) is 19.8 Å². The molecule has 9 heteroatoms. The van der Waals surface area contributed by atoms with Crippen LogP contribution in [0.25, 0.3) is 11.4 Å². The van der Waals surface area contributed by atoms with Gasteiger partial charge in [0.25, 0.3) is 0 Å². The number of aryl methyl sites for hydroxylation is 2. The van der Waals surface area contributed by atoms with Crippen molar-refractivity contribution in [3.05, 3.63) is 106 Å². The van der Waals surface area contributed by atoms with E-state index in [1.165, 1.54) is 0 Å². The molecule has 1 fully saturated rings. The molecule has 2 aliphatic rings. The number of carbonyl (C=O) groups is 2. The van der Waals surface area contributed by atoms with Crippen molar-refractivity contribution in [3.8, 4) is 17.2 Å². The van der Waals surface area contributed by atoms with Gasteiger partial charge in [-0.15, -0.1) is 5.69 Å². The third-order valence-corrected chi connectivity index (χ3v) is 10.0. The summed E-state index contributed by atoms with van der Waals surface area (Å²) in [5.41, 5.74) is 5.52. The van der Waals surface area contributed by atoms with Crippen molar-refractivity contribution in [3.63, 3.8) is 0 Å². The Morgan fingerprint density at radius 2 is 1.88 bits per heavy atom. The second-order valence-electron chi connectivity index (χ2n) is 13.7. The van der Waals surface area contributed by atoms with Crippen molar-refractivity contribution in [2.75, 3.05) is 13.6 Å². The maximum Gasteiger partial charge on any atom is 0.162 e. The van der Waals surface area contributed by atoms with Crippen molar-refractivity contribution in [2.24, 2.45) is 5.92 Å². The lowest BCUT2D eigenvalue weighted by Crippen LogP contribution is -2.30. The Hall–Kier alpha value is -4.76. The standard InChI is InChI=1S/C41H48N4O5/c1-42-25-30-20-28(22-38(41(30)49)50-33-11-3-4-12-33)15-16-32(47)24-37(48)40-29(26-45-39-14-7-18-44-39)23-36-34(17-19-43-36)35(40)13-5-2-8-27-9-6-10-31(46)21-27/h6-7,9-10,14,17-23,33,35,40,42,44,46,49H,2-5,8,11-13,15-16,24-26H2,1H3/q-2/t35-,40-/m0/s1. The van der Waals surface area contributed by atoms with Crippen LogP contribution in [0.1, 0.15) is 91.7 Å². The van der Waals surface area contributed by atoms with Gasteiger partial charge in [0.05, 0.1) is 12.5 Å². The summed E-state index contributed by atoms with van der Waals surface area (Å²) < 4.78 is 6.20. The molecule has 264 valence electrons. The van der Waals surface area contributed by atoms with Gasteiger partial charge in [0.1, 0.15) is 17.3 Å². The normalized spacial score (nSPS) is 17.3. The molecule has 2 aliphatic carbocycles. The molecule has 0 aliphatic heterocycles. The molecule has 0 spiro atoms. The van der Waals surface area contributed by atoms with Crippen molar-refractivity contribution in [2.45, 2.75) is 89.2 Å². The minimum absolute atomic E-state index is 0.0837. The molecule has 0 amide bonds. The number of unbranched alkanes of at least 4 members (excludes halogenated alkanes) is 1. The molecule has 0 bridgehead atoms. The lowest BCUT2D eigenvalue weighted by molar-refractivity contribution is -0.129. The number of phenols is 2. The number of benzene rings is 2. The lowest BCUT2D eigenvalue weighted by atomic mass is 9.71. The number of carbonyl (C=O) groups excluding carboxylic acids is 2. The fraction of sp³-hybridized carbons (Fsp3) is 0.415. The van der Waals surface area contributed by atoms with E-state index >= 15 is 0 Å². The van der Waals surface area contributed by atoms with Gasteiger partial charge in [0.2, 0.25) is 0 Å². The summed E-state index contributed by atoms with van der Waals surface area (Å²) in [7, 11) is 1.83. The number of nitrogens with one attached hydrogen (secondary N) is 2. The van der Waals surface area contributed by atoms with Crippen LogP contribution in [0.5, 0.6) is 17.2 Å². The van der Waals surface area contributed by atoms with Crippen LogP contribution < -0.4 is 15.0 Å². The molecule has 6 rings (SSSR count). The van der Waals surface area contributed by atoms with Crippen LogP contribution in [0.4, 0.5) is 5.82 Å². The van der Waals surface area contributed by atoms with Gasteiger partial charge in [-0.1, -0.05) is 72.0 Å². The van der Waals surface area contributed by atoms with Gasteiger partial charge >= 0.3 is 0 Å². The number of phenolic OH excluding ortho intramolecular Hbond substituents is 2. The van der Waals surface area contributed by atoms with E-state index in [0.29, 0.717) is 25.3 Å². The zero-order chi connectivity index (χ0) is 34.9. The molecule has 2 atom stereocenters. The van der Waals surface area contributed by atoms with E-state index in [0.717, 1.165) is 90.7 Å². The summed E-state index contributed by atoms with van der Waals surface area (Å²) in [6.45, 7) is 0.813. The van der Waals surface area contributed by atoms with Crippen LogP contribution >= 0.6 is 0 Å². The van der Waals surface area contributed by atoms with Crippen LogP contribution in [-0.2, 0) is 29.0 Å². The third-order valence-electron chi connectivity index (χ3n) is 10.0. The molecule has 2 aromatic carbocycles. The first kappa shape index (κ1) is 35.1. The molecule has 1 saturated carbocycles. The Morgan fingerprint density at radius 1 is 1.02 bits per heavy atom. The molecule has 0 saturated heterocycles.